The third-order valence-electron chi connectivity index (χ3n) is 4.78. The minimum absolute atomic E-state index is 0. The fourth-order valence-electron chi connectivity index (χ4n) is 2.86. The van der Waals surface area contributed by atoms with E-state index in [1.165, 1.54) is 24.8 Å². The normalized spacial score (nSPS) is 15.6. The van der Waals surface area contributed by atoms with E-state index in [2.05, 4.69) is 29.7 Å². The zero-order chi connectivity index (χ0) is 18.0. The molecule has 0 bridgehead atoms. The smallest absolute Gasteiger partial charge is 0.191 e. The van der Waals surface area contributed by atoms with Crippen LogP contribution in [0.4, 0.5) is 0 Å². The molecular formula is C20H34IN3O2. The molecule has 1 aliphatic rings. The lowest BCUT2D eigenvalue weighted by molar-refractivity contribution is 0.145. The van der Waals surface area contributed by atoms with Crippen molar-refractivity contribution in [2.24, 2.45) is 10.4 Å². The van der Waals surface area contributed by atoms with Crippen molar-refractivity contribution in [1.82, 2.24) is 10.6 Å². The van der Waals surface area contributed by atoms with Gasteiger partial charge in [0.2, 0.25) is 0 Å². The van der Waals surface area contributed by atoms with Crippen LogP contribution in [0.5, 0.6) is 5.75 Å². The summed E-state index contributed by atoms with van der Waals surface area (Å²) in [6, 6.07) is 8.07. The molecule has 1 aromatic rings. The molecule has 5 nitrogen and oxygen atoms in total. The first-order valence-corrected chi connectivity index (χ1v) is 9.38. The zero-order valence-corrected chi connectivity index (χ0v) is 18.7. The van der Waals surface area contributed by atoms with Crippen LogP contribution in [0.1, 0.15) is 45.1 Å². The van der Waals surface area contributed by atoms with Crippen LogP contribution in [0.25, 0.3) is 0 Å². The molecule has 1 fully saturated rings. The number of aliphatic imine (C=N–C) groups is 1. The number of hydrogen-bond donors (Lipinski definition) is 2. The van der Waals surface area contributed by atoms with Crippen LogP contribution in [0.2, 0.25) is 0 Å². The molecule has 148 valence electrons. The number of guanidine groups is 1. The predicted molar refractivity (Wildman–Crippen MR) is 119 cm³/mol. The van der Waals surface area contributed by atoms with E-state index in [0.29, 0.717) is 12.0 Å². The molecule has 1 aromatic carbocycles. The zero-order valence-electron chi connectivity index (χ0n) is 16.3. The van der Waals surface area contributed by atoms with Crippen molar-refractivity contribution in [3.8, 4) is 5.75 Å². The lowest BCUT2D eigenvalue weighted by atomic mass is 9.70. The molecular weight excluding hydrogens is 441 g/mol. The highest BCUT2D eigenvalue weighted by Crippen LogP contribution is 2.39. The van der Waals surface area contributed by atoms with Crippen LogP contribution in [-0.4, -0.2) is 39.4 Å². The number of methoxy groups -OCH3 is 1. The Morgan fingerprint density at radius 2 is 1.92 bits per heavy atom. The number of benzene rings is 1. The Morgan fingerprint density at radius 3 is 2.50 bits per heavy atom. The average Bonchev–Trinajstić information content (AvgIpc) is 2.62. The van der Waals surface area contributed by atoms with Gasteiger partial charge in [0.25, 0.3) is 0 Å². The highest BCUT2D eigenvalue weighted by Gasteiger charge is 2.31. The van der Waals surface area contributed by atoms with E-state index >= 15 is 0 Å². The molecule has 0 radical (unpaired) electrons. The van der Waals surface area contributed by atoms with E-state index in [-0.39, 0.29) is 24.0 Å². The summed E-state index contributed by atoms with van der Waals surface area (Å²) < 4.78 is 10.6. The molecule has 0 atom stereocenters. The number of hydrogen-bond acceptors (Lipinski definition) is 3. The van der Waals surface area contributed by atoms with Gasteiger partial charge < -0.3 is 20.1 Å². The highest BCUT2D eigenvalue weighted by atomic mass is 127. The molecule has 1 aliphatic carbocycles. The third-order valence-corrected chi connectivity index (χ3v) is 4.78. The Morgan fingerprint density at radius 1 is 1.19 bits per heavy atom. The Bertz CT molecular complexity index is 530. The van der Waals surface area contributed by atoms with Gasteiger partial charge in [-0.25, -0.2) is 4.99 Å². The minimum Gasteiger partial charge on any atom is -0.497 e. The maximum absolute atomic E-state index is 5.40. The fraction of sp³-hybridized carbons (Fsp3) is 0.650. The molecule has 0 amide bonds. The number of nitrogens with one attached hydrogen (secondary N) is 2. The summed E-state index contributed by atoms with van der Waals surface area (Å²) in [4.78, 5) is 4.74. The first kappa shape index (κ1) is 23.0. The summed E-state index contributed by atoms with van der Waals surface area (Å²) in [5.41, 5.74) is 1.60. The second-order valence-corrected chi connectivity index (χ2v) is 7.01. The van der Waals surface area contributed by atoms with Crippen LogP contribution in [-0.2, 0) is 11.3 Å². The van der Waals surface area contributed by atoms with Gasteiger partial charge in [-0.3, -0.25) is 0 Å². The van der Waals surface area contributed by atoms with Gasteiger partial charge in [-0.1, -0.05) is 25.5 Å². The van der Waals surface area contributed by atoms with E-state index in [9.17, 15) is 0 Å². The average molecular weight is 475 g/mol. The molecule has 0 heterocycles. The summed E-state index contributed by atoms with van der Waals surface area (Å²) in [6.45, 7) is 8.43. The summed E-state index contributed by atoms with van der Waals surface area (Å²) in [5, 5.41) is 6.95. The van der Waals surface area contributed by atoms with Crippen LogP contribution >= 0.6 is 24.0 Å². The van der Waals surface area contributed by atoms with E-state index < -0.39 is 0 Å². The van der Waals surface area contributed by atoms with Crippen molar-refractivity contribution in [2.45, 2.75) is 46.1 Å². The largest absolute Gasteiger partial charge is 0.497 e. The summed E-state index contributed by atoms with van der Waals surface area (Å²) >= 11 is 0. The number of nitrogens with zero attached hydrogens (tertiary/aromatic N) is 1. The van der Waals surface area contributed by atoms with Gasteiger partial charge in [0.15, 0.2) is 5.96 Å². The minimum atomic E-state index is 0. The van der Waals surface area contributed by atoms with E-state index in [0.717, 1.165) is 44.4 Å². The molecule has 6 heteroatoms. The highest BCUT2D eigenvalue weighted by molar-refractivity contribution is 14.0. The van der Waals surface area contributed by atoms with Gasteiger partial charge in [0.05, 0.1) is 13.7 Å². The maximum Gasteiger partial charge on any atom is 0.191 e. The molecule has 2 rings (SSSR count). The monoisotopic (exact) mass is 475 g/mol. The molecule has 0 spiro atoms. The van der Waals surface area contributed by atoms with Gasteiger partial charge in [0.1, 0.15) is 5.75 Å². The van der Waals surface area contributed by atoms with E-state index in [1.54, 1.807) is 7.11 Å². The van der Waals surface area contributed by atoms with E-state index in [4.69, 9.17) is 14.5 Å². The SMILES string of the molecule is CCOCCCNC(=NCc1ccc(OC)cc1)NCC1(C)CCC1.I. The van der Waals surface area contributed by atoms with Crippen molar-refractivity contribution < 1.29 is 9.47 Å². The standard InChI is InChI=1S/C20H33N3O2.HI/c1-4-25-14-6-13-21-19(23-16-20(2)11-5-12-20)22-15-17-7-9-18(24-3)10-8-17;/h7-10H,4-6,11-16H2,1-3H3,(H2,21,22,23);1H. The van der Waals surface area contributed by atoms with Crippen molar-refractivity contribution in [1.29, 1.82) is 0 Å². The number of ether oxygens (including phenoxy) is 2. The Hall–Kier alpha value is -1.02. The molecule has 2 N–H and O–H groups in total. The topological polar surface area (TPSA) is 54.9 Å². The third kappa shape index (κ3) is 8.12. The van der Waals surface area contributed by atoms with Crippen LogP contribution < -0.4 is 15.4 Å². The molecule has 0 aromatic heterocycles. The van der Waals surface area contributed by atoms with Crippen LogP contribution in [0.3, 0.4) is 0 Å². The molecule has 26 heavy (non-hydrogen) atoms. The quantitative estimate of drug-likeness (QED) is 0.233. The van der Waals surface area contributed by atoms with Gasteiger partial charge in [0, 0.05) is 26.3 Å². The summed E-state index contributed by atoms with van der Waals surface area (Å²) in [6.07, 6.45) is 4.93. The summed E-state index contributed by atoms with van der Waals surface area (Å²) in [7, 11) is 1.68. The second-order valence-electron chi connectivity index (χ2n) is 7.01. The first-order valence-electron chi connectivity index (χ1n) is 9.38. The van der Waals surface area contributed by atoms with Gasteiger partial charge >= 0.3 is 0 Å². The van der Waals surface area contributed by atoms with Crippen LogP contribution in [0.15, 0.2) is 29.3 Å². The van der Waals surface area contributed by atoms with Gasteiger partial charge in [-0.2, -0.15) is 0 Å². The van der Waals surface area contributed by atoms with Crippen molar-refractivity contribution >= 4 is 29.9 Å². The Kier molecular flexibility index (Phi) is 11.0. The van der Waals surface area contributed by atoms with Gasteiger partial charge in [-0.05, 0) is 49.3 Å². The summed E-state index contributed by atoms with van der Waals surface area (Å²) in [5.74, 6) is 1.76. The lowest BCUT2D eigenvalue weighted by Crippen LogP contribution is -2.45. The van der Waals surface area contributed by atoms with Crippen molar-refractivity contribution in [3.63, 3.8) is 0 Å². The second kappa shape index (κ2) is 12.4. The predicted octanol–water partition coefficient (Wildman–Crippen LogP) is 3.97. The van der Waals surface area contributed by atoms with Gasteiger partial charge in [-0.15, -0.1) is 24.0 Å². The molecule has 0 unspecified atom stereocenters. The van der Waals surface area contributed by atoms with Crippen molar-refractivity contribution in [3.05, 3.63) is 29.8 Å². The molecule has 0 aliphatic heterocycles. The number of rotatable bonds is 10. The van der Waals surface area contributed by atoms with Crippen LogP contribution in [0, 0.1) is 5.41 Å². The molecule has 1 saturated carbocycles. The maximum atomic E-state index is 5.40. The Balaban J connectivity index is 0.00000338. The first-order chi connectivity index (χ1) is 12.1. The van der Waals surface area contributed by atoms with E-state index in [1.807, 2.05) is 19.1 Å². The molecule has 0 saturated heterocycles. The number of halogens is 1. The Labute approximate surface area is 175 Å². The lowest BCUT2D eigenvalue weighted by Gasteiger charge is -2.38. The fourth-order valence-corrected chi connectivity index (χ4v) is 2.86. The van der Waals surface area contributed by atoms with Crippen molar-refractivity contribution in [2.75, 3.05) is 33.4 Å².